The first kappa shape index (κ1) is 7.83. The van der Waals surface area contributed by atoms with E-state index in [9.17, 15) is 0 Å². The Morgan fingerprint density at radius 2 is 2.30 bits per heavy atom. The van der Waals surface area contributed by atoms with Crippen molar-refractivity contribution in [3.8, 4) is 0 Å². The van der Waals surface area contributed by atoms with E-state index in [1.165, 1.54) is 0 Å². The van der Waals surface area contributed by atoms with Gasteiger partial charge in [-0.15, -0.1) is 23.2 Å². The van der Waals surface area contributed by atoms with Crippen molar-refractivity contribution in [2.24, 2.45) is 0 Å². The summed E-state index contributed by atoms with van der Waals surface area (Å²) in [4.78, 5) is 4.03. The van der Waals surface area contributed by atoms with E-state index < -0.39 is 0 Å². The van der Waals surface area contributed by atoms with Crippen molar-refractivity contribution in [2.45, 2.75) is 5.38 Å². The number of nitrogens with zero attached hydrogens (tertiary/aromatic N) is 1. The highest BCUT2D eigenvalue weighted by atomic mass is 35.5. The zero-order chi connectivity index (χ0) is 7.40. The zero-order valence-corrected chi connectivity index (χ0v) is 6.81. The monoisotopic (exact) mass is 175 g/mol. The number of hydrogen-bond acceptors (Lipinski definition) is 1. The van der Waals surface area contributed by atoms with Gasteiger partial charge >= 0.3 is 0 Å². The highest BCUT2D eigenvalue weighted by Gasteiger charge is 2.04. The zero-order valence-electron chi connectivity index (χ0n) is 5.30. The van der Waals surface area contributed by atoms with Crippen LogP contribution < -0.4 is 0 Å². The van der Waals surface area contributed by atoms with Crippen molar-refractivity contribution in [1.82, 2.24) is 4.98 Å². The van der Waals surface area contributed by atoms with Gasteiger partial charge in [0.15, 0.2) is 0 Å². The molecule has 1 rings (SSSR count). The normalized spacial score (nSPS) is 13.0. The van der Waals surface area contributed by atoms with E-state index in [0.717, 1.165) is 5.69 Å². The van der Waals surface area contributed by atoms with Crippen LogP contribution in [-0.4, -0.2) is 10.9 Å². The van der Waals surface area contributed by atoms with Gasteiger partial charge < -0.3 is 0 Å². The van der Waals surface area contributed by atoms with E-state index in [4.69, 9.17) is 23.2 Å². The molecule has 10 heavy (non-hydrogen) atoms. The summed E-state index contributed by atoms with van der Waals surface area (Å²) in [5.74, 6) is 0.401. The Labute approximate surface area is 70.0 Å². The fourth-order valence-electron chi connectivity index (χ4n) is 0.640. The smallest absolute Gasteiger partial charge is 0.0892 e. The quantitative estimate of drug-likeness (QED) is 0.631. The van der Waals surface area contributed by atoms with Gasteiger partial charge in [-0.2, -0.15) is 0 Å². The highest BCUT2D eigenvalue weighted by Crippen LogP contribution is 2.18. The van der Waals surface area contributed by atoms with E-state index >= 15 is 0 Å². The Morgan fingerprint density at radius 3 is 2.80 bits per heavy atom. The standard InChI is InChI=1S/C7H7Cl2N/c8-5-6(9)7-3-1-2-4-10-7/h1-4,6H,5H2. The van der Waals surface area contributed by atoms with Gasteiger partial charge in [-0.25, -0.2) is 0 Å². The van der Waals surface area contributed by atoms with E-state index in [0.29, 0.717) is 5.88 Å². The molecule has 0 N–H and O–H groups in total. The molecule has 0 aliphatic heterocycles. The lowest BCUT2D eigenvalue weighted by atomic mass is 10.3. The van der Waals surface area contributed by atoms with Crippen molar-refractivity contribution in [2.75, 3.05) is 5.88 Å². The molecule has 0 bridgehead atoms. The molecule has 0 amide bonds. The summed E-state index contributed by atoms with van der Waals surface area (Å²) < 4.78 is 0. The molecular formula is C7H7Cl2N. The maximum atomic E-state index is 5.80. The average molecular weight is 176 g/mol. The first-order valence-corrected chi connectivity index (χ1v) is 3.92. The second kappa shape index (κ2) is 3.79. The lowest BCUT2D eigenvalue weighted by Gasteiger charge is -2.01. The predicted molar refractivity (Wildman–Crippen MR) is 43.6 cm³/mol. The van der Waals surface area contributed by atoms with Crippen molar-refractivity contribution >= 4 is 23.2 Å². The number of alkyl halides is 2. The Hall–Kier alpha value is -0.270. The van der Waals surface area contributed by atoms with E-state index in [2.05, 4.69) is 4.98 Å². The Kier molecular flexibility index (Phi) is 2.97. The molecule has 3 heteroatoms. The van der Waals surface area contributed by atoms with Crippen LogP contribution in [0.1, 0.15) is 11.1 Å². The van der Waals surface area contributed by atoms with Crippen LogP contribution in [0.2, 0.25) is 0 Å². The van der Waals surface area contributed by atoms with Gasteiger partial charge in [0, 0.05) is 12.1 Å². The van der Waals surface area contributed by atoms with Gasteiger partial charge in [0.05, 0.1) is 11.1 Å². The number of rotatable bonds is 2. The largest absolute Gasteiger partial charge is 0.260 e. The third-order valence-electron chi connectivity index (χ3n) is 1.14. The third-order valence-corrected chi connectivity index (χ3v) is 1.99. The Balaban J connectivity index is 2.75. The van der Waals surface area contributed by atoms with Crippen LogP contribution in [0.3, 0.4) is 0 Å². The second-order valence-corrected chi connectivity index (χ2v) is 2.71. The summed E-state index contributed by atoms with van der Waals surface area (Å²) in [5, 5.41) is -0.164. The summed E-state index contributed by atoms with van der Waals surface area (Å²) >= 11 is 11.3. The SMILES string of the molecule is ClCC(Cl)c1ccccn1. The minimum Gasteiger partial charge on any atom is -0.260 e. The second-order valence-electron chi connectivity index (χ2n) is 1.88. The molecule has 0 radical (unpaired) electrons. The van der Waals surface area contributed by atoms with Gasteiger partial charge in [-0.05, 0) is 12.1 Å². The van der Waals surface area contributed by atoms with Crippen molar-refractivity contribution < 1.29 is 0 Å². The molecule has 0 aromatic carbocycles. The predicted octanol–water partition coefficient (Wildman–Crippen LogP) is 2.60. The fraction of sp³-hybridized carbons (Fsp3) is 0.286. The molecule has 1 aromatic rings. The van der Waals surface area contributed by atoms with E-state index in [-0.39, 0.29) is 5.38 Å². The van der Waals surface area contributed by atoms with E-state index in [1.807, 2.05) is 18.2 Å². The average Bonchev–Trinajstić information content (AvgIpc) is 2.05. The van der Waals surface area contributed by atoms with Crippen LogP contribution >= 0.6 is 23.2 Å². The maximum Gasteiger partial charge on any atom is 0.0892 e. The molecule has 0 saturated heterocycles. The summed E-state index contributed by atoms with van der Waals surface area (Å²) in [7, 11) is 0. The molecule has 1 nitrogen and oxygen atoms in total. The lowest BCUT2D eigenvalue weighted by molar-refractivity contribution is 1.00. The fourth-order valence-corrected chi connectivity index (χ4v) is 0.927. The highest BCUT2D eigenvalue weighted by molar-refractivity contribution is 6.27. The summed E-state index contributed by atoms with van der Waals surface area (Å²) in [5.41, 5.74) is 0.833. The lowest BCUT2D eigenvalue weighted by Crippen LogP contribution is -1.93. The van der Waals surface area contributed by atoms with Crippen LogP contribution in [0.15, 0.2) is 24.4 Å². The van der Waals surface area contributed by atoms with Gasteiger partial charge in [-0.3, -0.25) is 4.98 Å². The first-order valence-electron chi connectivity index (χ1n) is 2.95. The van der Waals surface area contributed by atoms with Crippen molar-refractivity contribution in [3.63, 3.8) is 0 Å². The Bertz CT molecular complexity index is 188. The minimum absolute atomic E-state index is 0.164. The first-order chi connectivity index (χ1) is 4.84. The summed E-state index contributed by atoms with van der Waals surface area (Å²) in [6, 6.07) is 5.60. The third kappa shape index (κ3) is 1.86. The minimum atomic E-state index is -0.164. The maximum absolute atomic E-state index is 5.80. The summed E-state index contributed by atoms with van der Waals surface area (Å²) in [6.45, 7) is 0. The van der Waals surface area contributed by atoms with Gasteiger partial charge in [0.2, 0.25) is 0 Å². The van der Waals surface area contributed by atoms with Gasteiger partial charge in [0.25, 0.3) is 0 Å². The molecule has 0 saturated carbocycles. The van der Waals surface area contributed by atoms with E-state index in [1.54, 1.807) is 6.20 Å². The molecule has 1 aromatic heterocycles. The van der Waals surface area contributed by atoms with Crippen LogP contribution in [-0.2, 0) is 0 Å². The topological polar surface area (TPSA) is 12.9 Å². The van der Waals surface area contributed by atoms with Gasteiger partial charge in [0.1, 0.15) is 0 Å². The van der Waals surface area contributed by atoms with Crippen LogP contribution in [0.5, 0.6) is 0 Å². The number of halogens is 2. The van der Waals surface area contributed by atoms with Crippen molar-refractivity contribution in [3.05, 3.63) is 30.1 Å². The molecule has 1 unspecified atom stereocenters. The molecule has 1 heterocycles. The van der Waals surface area contributed by atoms with Crippen molar-refractivity contribution in [1.29, 1.82) is 0 Å². The van der Waals surface area contributed by atoms with Crippen LogP contribution in [0.25, 0.3) is 0 Å². The van der Waals surface area contributed by atoms with Crippen LogP contribution in [0, 0.1) is 0 Å². The Morgan fingerprint density at radius 1 is 1.50 bits per heavy atom. The van der Waals surface area contributed by atoms with Crippen LogP contribution in [0.4, 0.5) is 0 Å². The number of pyridine rings is 1. The number of hydrogen-bond donors (Lipinski definition) is 0. The molecule has 0 spiro atoms. The molecular weight excluding hydrogens is 169 g/mol. The summed E-state index contributed by atoms with van der Waals surface area (Å²) in [6.07, 6.45) is 1.71. The molecule has 0 aliphatic carbocycles. The molecule has 0 fully saturated rings. The molecule has 0 aliphatic rings. The van der Waals surface area contributed by atoms with Gasteiger partial charge in [-0.1, -0.05) is 6.07 Å². The number of aromatic nitrogens is 1. The molecule has 54 valence electrons. The molecule has 1 atom stereocenters.